The second-order valence-electron chi connectivity index (χ2n) is 8.37. The van der Waals surface area contributed by atoms with Gasteiger partial charge < -0.3 is 9.73 Å². The summed E-state index contributed by atoms with van der Waals surface area (Å²) in [7, 11) is 0. The van der Waals surface area contributed by atoms with Gasteiger partial charge in [0.2, 0.25) is 0 Å². The van der Waals surface area contributed by atoms with E-state index in [0.717, 1.165) is 11.3 Å². The van der Waals surface area contributed by atoms with Crippen molar-refractivity contribution in [2.24, 2.45) is 4.99 Å². The van der Waals surface area contributed by atoms with Crippen molar-refractivity contribution in [3.8, 4) is 0 Å². The molecule has 1 N–H and O–H groups in total. The standard InChI is InChI=1S/C26H25N5O3S/c1-5-30-18(12-13-27-30)14-21-25(33)31-23(20-11-10-16(3)34-20)22(17(4)28-26(31)35-21)24(32)29-19-9-7-6-8-15(19)2/h6-14,23H,5H2,1-4H3,(H,29,32)/b21-14+/t23-/m1/s1. The molecule has 1 atom stereocenters. The molecule has 9 heteroatoms. The van der Waals surface area contributed by atoms with Crippen molar-refractivity contribution in [2.45, 2.75) is 40.3 Å². The number of furan rings is 1. The number of nitrogens with zero attached hydrogens (tertiary/aromatic N) is 4. The summed E-state index contributed by atoms with van der Waals surface area (Å²) in [6, 6.07) is 12.3. The number of aryl methyl sites for hydroxylation is 3. The molecular weight excluding hydrogens is 462 g/mol. The number of aromatic nitrogens is 3. The Morgan fingerprint density at radius 1 is 1.17 bits per heavy atom. The maximum atomic E-state index is 13.7. The average molecular weight is 488 g/mol. The van der Waals surface area contributed by atoms with E-state index in [4.69, 9.17) is 4.42 Å². The molecule has 0 aliphatic carbocycles. The SMILES string of the molecule is CCn1nccc1/C=c1/sc2n(c1=O)[C@H](c1ccc(C)o1)C(C(=O)Nc1ccccc1C)=C(C)N=2. The molecule has 1 aromatic carbocycles. The van der Waals surface area contributed by atoms with Crippen molar-refractivity contribution in [3.63, 3.8) is 0 Å². The van der Waals surface area contributed by atoms with Gasteiger partial charge in [-0.05, 0) is 63.6 Å². The molecule has 4 aromatic rings. The smallest absolute Gasteiger partial charge is 0.271 e. The number of fused-ring (bicyclic) bond motifs is 1. The Kier molecular flexibility index (Phi) is 5.86. The molecule has 0 fully saturated rings. The lowest BCUT2D eigenvalue weighted by molar-refractivity contribution is -0.113. The van der Waals surface area contributed by atoms with Crippen molar-refractivity contribution in [1.82, 2.24) is 14.3 Å². The minimum absolute atomic E-state index is 0.231. The van der Waals surface area contributed by atoms with Crippen LogP contribution in [0.3, 0.4) is 0 Å². The van der Waals surface area contributed by atoms with Crippen molar-refractivity contribution in [3.05, 3.63) is 102 Å². The number of carbonyl (C=O) groups excluding carboxylic acids is 1. The highest BCUT2D eigenvalue weighted by Crippen LogP contribution is 2.32. The number of thiazole rings is 1. The minimum Gasteiger partial charge on any atom is -0.464 e. The summed E-state index contributed by atoms with van der Waals surface area (Å²) in [5.41, 5.74) is 3.16. The van der Waals surface area contributed by atoms with Crippen LogP contribution in [0.5, 0.6) is 0 Å². The Morgan fingerprint density at radius 2 is 1.97 bits per heavy atom. The molecule has 1 aliphatic rings. The van der Waals surface area contributed by atoms with E-state index >= 15 is 0 Å². The third-order valence-electron chi connectivity index (χ3n) is 6.02. The summed E-state index contributed by atoms with van der Waals surface area (Å²) >= 11 is 1.29. The summed E-state index contributed by atoms with van der Waals surface area (Å²) in [6.45, 7) is 8.24. The van der Waals surface area contributed by atoms with Gasteiger partial charge in [0.1, 0.15) is 17.6 Å². The first-order valence-corrected chi connectivity index (χ1v) is 12.2. The predicted molar refractivity (Wildman–Crippen MR) is 135 cm³/mol. The van der Waals surface area contributed by atoms with E-state index in [-0.39, 0.29) is 11.5 Å². The fourth-order valence-corrected chi connectivity index (χ4v) is 5.28. The maximum Gasteiger partial charge on any atom is 0.271 e. The van der Waals surface area contributed by atoms with Gasteiger partial charge in [-0.1, -0.05) is 29.5 Å². The Balaban J connectivity index is 1.67. The van der Waals surface area contributed by atoms with Crippen LogP contribution in [0.1, 0.15) is 42.7 Å². The molecule has 0 saturated carbocycles. The third-order valence-corrected chi connectivity index (χ3v) is 7.00. The highest BCUT2D eigenvalue weighted by molar-refractivity contribution is 7.07. The van der Waals surface area contributed by atoms with Gasteiger partial charge in [-0.2, -0.15) is 5.10 Å². The van der Waals surface area contributed by atoms with Crippen molar-refractivity contribution >= 4 is 29.0 Å². The minimum atomic E-state index is -0.734. The van der Waals surface area contributed by atoms with E-state index in [0.29, 0.717) is 44.4 Å². The molecule has 35 heavy (non-hydrogen) atoms. The molecule has 8 nitrogen and oxygen atoms in total. The number of para-hydroxylation sites is 1. The molecule has 3 aromatic heterocycles. The molecule has 1 aliphatic heterocycles. The van der Waals surface area contributed by atoms with Crippen molar-refractivity contribution < 1.29 is 9.21 Å². The highest BCUT2D eigenvalue weighted by Gasteiger charge is 2.34. The van der Waals surface area contributed by atoms with Gasteiger partial charge in [-0.25, -0.2) is 4.99 Å². The topological polar surface area (TPSA) is 94.4 Å². The van der Waals surface area contributed by atoms with Crippen molar-refractivity contribution in [1.29, 1.82) is 0 Å². The molecule has 0 saturated heterocycles. The van der Waals surface area contributed by atoms with Crippen LogP contribution in [0.2, 0.25) is 0 Å². The number of hydrogen-bond donors (Lipinski definition) is 1. The van der Waals surface area contributed by atoms with E-state index in [1.165, 1.54) is 11.3 Å². The lowest BCUT2D eigenvalue weighted by atomic mass is 10.00. The number of rotatable bonds is 5. The number of allylic oxidation sites excluding steroid dienone is 1. The molecule has 4 heterocycles. The van der Waals surface area contributed by atoms with Crippen LogP contribution in [0, 0.1) is 13.8 Å². The number of amides is 1. The van der Waals surface area contributed by atoms with E-state index in [1.807, 2.05) is 74.0 Å². The molecular formula is C26H25N5O3S. The van der Waals surface area contributed by atoms with Gasteiger partial charge in [0, 0.05) is 18.4 Å². The van der Waals surface area contributed by atoms with Gasteiger partial charge in [-0.3, -0.25) is 18.8 Å². The second kappa shape index (κ2) is 8.99. The molecule has 5 rings (SSSR count). The zero-order valence-electron chi connectivity index (χ0n) is 19.9. The Bertz CT molecular complexity index is 1650. The van der Waals surface area contributed by atoms with Crippen LogP contribution in [-0.4, -0.2) is 20.3 Å². The first kappa shape index (κ1) is 22.8. The van der Waals surface area contributed by atoms with E-state index in [9.17, 15) is 9.59 Å². The van der Waals surface area contributed by atoms with Crippen LogP contribution < -0.4 is 20.2 Å². The Morgan fingerprint density at radius 3 is 2.69 bits per heavy atom. The predicted octanol–water partition coefficient (Wildman–Crippen LogP) is 3.30. The van der Waals surface area contributed by atoms with Crippen LogP contribution in [-0.2, 0) is 11.3 Å². The van der Waals surface area contributed by atoms with Crippen LogP contribution in [0.15, 0.2) is 74.1 Å². The summed E-state index contributed by atoms with van der Waals surface area (Å²) in [5, 5.41) is 7.28. The molecule has 0 radical (unpaired) electrons. The van der Waals surface area contributed by atoms with Gasteiger partial charge in [0.15, 0.2) is 4.80 Å². The number of nitrogens with one attached hydrogen (secondary N) is 1. The number of anilines is 1. The monoisotopic (exact) mass is 487 g/mol. The summed E-state index contributed by atoms with van der Waals surface area (Å²) in [6.07, 6.45) is 3.52. The number of benzene rings is 1. The summed E-state index contributed by atoms with van der Waals surface area (Å²) in [5.74, 6) is 0.887. The normalized spacial score (nSPS) is 15.8. The fourth-order valence-electron chi connectivity index (χ4n) is 4.25. The Hall–Kier alpha value is -3.98. The van der Waals surface area contributed by atoms with E-state index < -0.39 is 6.04 Å². The molecule has 1 amide bonds. The molecule has 0 spiro atoms. The summed E-state index contributed by atoms with van der Waals surface area (Å²) in [4.78, 5) is 32.4. The lowest BCUT2D eigenvalue weighted by Gasteiger charge is -2.23. The quantitative estimate of drug-likeness (QED) is 0.467. The summed E-state index contributed by atoms with van der Waals surface area (Å²) < 4.78 is 9.84. The van der Waals surface area contributed by atoms with Crippen molar-refractivity contribution in [2.75, 3.05) is 5.32 Å². The molecule has 0 bridgehead atoms. The number of hydrogen-bond acceptors (Lipinski definition) is 6. The second-order valence-corrected chi connectivity index (χ2v) is 9.38. The zero-order chi connectivity index (χ0) is 24.7. The third kappa shape index (κ3) is 4.08. The zero-order valence-corrected chi connectivity index (χ0v) is 20.7. The first-order chi connectivity index (χ1) is 16.9. The average Bonchev–Trinajstić information content (AvgIpc) is 3.54. The van der Waals surface area contributed by atoms with Gasteiger partial charge >= 0.3 is 0 Å². The number of carbonyl (C=O) groups is 1. The molecule has 0 unspecified atom stereocenters. The largest absolute Gasteiger partial charge is 0.464 e. The highest BCUT2D eigenvalue weighted by atomic mass is 32.1. The molecule has 178 valence electrons. The van der Waals surface area contributed by atoms with Gasteiger partial charge in [-0.15, -0.1) is 0 Å². The fraction of sp³-hybridized carbons (Fsp3) is 0.231. The van der Waals surface area contributed by atoms with Gasteiger partial charge in [0.05, 0.1) is 21.5 Å². The van der Waals surface area contributed by atoms with Crippen LogP contribution in [0.4, 0.5) is 5.69 Å². The van der Waals surface area contributed by atoms with E-state index in [2.05, 4.69) is 15.4 Å². The van der Waals surface area contributed by atoms with Gasteiger partial charge in [0.25, 0.3) is 11.5 Å². The van der Waals surface area contributed by atoms with E-state index in [1.54, 1.807) is 17.7 Å². The first-order valence-electron chi connectivity index (χ1n) is 11.3. The Labute approximate surface area is 205 Å². The van der Waals surface area contributed by atoms with Crippen LogP contribution >= 0.6 is 11.3 Å². The lowest BCUT2D eigenvalue weighted by Crippen LogP contribution is -2.40. The van der Waals surface area contributed by atoms with Crippen LogP contribution in [0.25, 0.3) is 6.08 Å². The maximum absolute atomic E-state index is 13.7.